The third-order valence-corrected chi connectivity index (χ3v) is 2.49. The fourth-order valence-electron chi connectivity index (χ4n) is 1.38. The van der Waals surface area contributed by atoms with Crippen LogP contribution in [0.2, 0.25) is 0 Å². The minimum Gasteiger partial charge on any atom is -0.507 e. The first-order chi connectivity index (χ1) is 7.43. The number of aliphatic carboxylic acids is 1. The first-order valence-electron chi connectivity index (χ1n) is 4.64. The Morgan fingerprint density at radius 2 is 2.06 bits per heavy atom. The zero-order chi connectivity index (χ0) is 12.3. The minimum atomic E-state index is -1.04. The number of carboxylic acid groups (broad SMARTS) is 1. The zero-order valence-electron chi connectivity index (χ0n) is 8.61. The Labute approximate surface area is 101 Å². The molecule has 16 heavy (non-hydrogen) atoms. The summed E-state index contributed by atoms with van der Waals surface area (Å²) < 4.78 is 0. The first kappa shape index (κ1) is 12.7. The van der Waals surface area contributed by atoms with Gasteiger partial charge in [0.15, 0.2) is 5.78 Å². The summed E-state index contributed by atoms with van der Waals surface area (Å²) in [4.78, 5) is 21.9. The number of benzene rings is 1. The molecule has 1 aromatic rings. The molecule has 1 unspecified atom stereocenters. The Hall–Kier alpha value is -1.36. The molecule has 0 saturated carbocycles. The van der Waals surface area contributed by atoms with Gasteiger partial charge in [-0.3, -0.25) is 9.59 Å². The maximum Gasteiger partial charge on any atom is 0.307 e. The Morgan fingerprint density at radius 1 is 1.44 bits per heavy atom. The van der Waals surface area contributed by atoms with E-state index >= 15 is 0 Å². The van der Waals surface area contributed by atoms with E-state index in [0.717, 1.165) is 0 Å². The summed E-state index contributed by atoms with van der Waals surface area (Å²) in [5.41, 5.74) is 0.401. The van der Waals surface area contributed by atoms with Crippen LogP contribution in [0.15, 0.2) is 18.2 Å². The summed E-state index contributed by atoms with van der Waals surface area (Å²) in [7, 11) is 0. The molecule has 86 valence electrons. The predicted octanol–water partition coefficient (Wildman–Crippen LogP) is 1.99. The maximum atomic E-state index is 11.8. The Balaban J connectivity index is 3.23. The van der Waals surface area contributed by atoms with Crippen molar-refractivity contribution in [2.24, 2.45) is 0 Å². The van der Waals surface area contributed by atoms with Crippen LogP contribution >= 0.6 is 15.9 Å². The fraction of sp³-hybridized carbons (Fsp3) is 0.273. The molecule has 0 radical (unpaired) electrons. The molecule has 0 heterocycles. The zero-order valence-corrected chi connectivity index (χ0v) is 10.2. The first-order valence-corrected chi connectivity index (χ1v) is 5.56. The highest BCUT2D eigenvalue weighted by Crippen LogP contribution is 2.24. The molecule has 0 spiro atoms. The van der Waals surface area contributed by atoms with Gasteiger partial charge in [-0.15, -0.1) is 0 Å². The summed E-state index contributed by atoms with van der Waals surface area (Å²) in [6.45, 7) is 1.62. The van der Waals surface area contributed by atoms with Crippen LogP contribution in [-0.2, 0) is 11.2 Å². The van der Waals surface area contributed by atoms with Crippen molar-refractivity contribution in [2.75, 3.05) is 0 Å². The van der Waals surface area contributed by atoms with E-state index in [0.29, 0.717) is 5.56 Å². The van der Waals surface area contributed by atoms with Crippen LogP contribution in [0.1, 0.15) is 22.8 Å². The number of hydrogen-bond donors (Lipinski definition) is 2. The topological polar surface area (TPSA) is 74.6 Å². The molecule has 4 nitrogen and oxygen atoms in total. The van der Waals surface area contributed by atoms with E-state index in [1.54, 1.807) is 6.92 Å². The van der Waals surface area contributed by atoms with Crippen LogP contribution in [0.25, 0.3) is 0 Å². The second-order valence-corrected chi connectivity index (χ2v) is 4.74. The summed E-state index contributed by atoms with van der Waals surface area (Å²) in [6, 6.07) is 4.41. The number of Topliss-reactive ketones (excluding diaryl/α,β-unsaturated/α-hetero) is 1. The van der Waals surface area contributed by atoms with Gasteiger partial charge in [0.25, 0.3) is 0 Å². The summed E-state index contributed by atoms with van der Waals surface area (Å²) in [5, 5.41) is 18.3. The number of rotatable bonds is 4. The molecule has 0 saturated heterocycles. The molecule has 0 aliphatic carbocycles. The van der Waals surface area contributed by atoms with E-state index in [2.05, 4.69) is 15.9 Å². The molecule has 0 aliphatic rings. The van der Waals surface area contributed by atoms with Gasteiger partial charge in [0, 0.05) is 0 Å². The largest absolute Gasteiger partial charge is 0.507 e. The monoisotopic (exact) mass is 286 g/mol. The lowest BCUT2D eigenvalue weighted by atomic mass is 9.98. The minimum absolute atomic E-state index is 0.0780. The van der Waals surface area contributed by atoms with Gasteiger partial charge < -0.3 is 10.2 Å². The van der Waals surface area contributed by atoms with Gasteiger partial charge in [0.2, 0.25) is 0 Å². The molecular weight excluding hydrogens is 276 g/mol. The number of aromatic hydroxyl groups is 1. The smallest absolute Gasteiger partial charge is 0.307 e. The van der Waals surface area contributed by atoms with Crippen LogP contribution in [0.4, 0.5) is 0 Å². The second kappa shape index (κ2) is 5.12. The van der Waals surface area contributed by atoms with Gasteiger partial charge in [-0.05, 0) is 18.6 Å². The number of alkyl halides is 1. The number of hydrogen-bond acceptors (Lipinski definition) is 3. The van der Waals surface area contributed by atoms with Crippen molar-refractivity contribution in [2.45, 2.75) is 18.2 Å². The standard InChI is InChI=1S/C11H11BrO4/c1-6(12)11(16)10-7(5-9(14)15)3-2-4-8(10)13/h2-4,6,13H,5H2,1H3,(H,14,15). The molecule has 0 aliphatic heterocycles. The molecule has 1 atom stereocenters. The van der Waals surface area contributed by atoms with Crippen LogP contribution in [0, 0.1) is 0 Å². The lowest BCUT2D eigenvalue weighted by molar-refractivity contribution is -0.136. The Morgan fingerprint density at radius 3 is 2.56 bits per heavy atom. The number of phenols is 1. The quantitative estimate of drug-likeness (QED) is 0.656. The lowest BCUT2D eigenvalue weighted by Crippen LogP contribution is -2.14. The number of carboxylic acids is 1. The molecule has 0 amide bonds. The van der Waals surface area contributed by atoms with Gasteiger partial charge in [-0.2, -0.15) is 0 Å². The van der Waals surface area contributed by atoms with Crippen molar-refractivity contribution in [1.82, 2.24) is 0 Å². The second-order valence-electron chi connectivity index (χ2n) is 3.36. The highest BCUT2D eigenvalue weighted by Gasteiger charge is 2.20. The van der Waals surface area contributed by atoms with Crippen molar-refractivity contribution in [3.63, 3.8) is 0 Å². The number of ketones is 1. The van der Waals surface area contributed by atoms with Crippen LogP contribution in [0.5, 0.6) is 5.75 Å². The van der Waals surface area contributed by atoms with Crippen LogP contribution in [-0.4, -0.2) is 26.8 Å². The van der Waals surface area contributed by atoms with E-state index in [-0.39, 0.29) is 23.5 Å². The van der Waals surface area contributed by atoms with Crippen molar-refractivity contribution in [3.05, 3.63) is 29.3 Å². The molecule has 1 rings (SSSR count). The predicted molar refractivity (Wildman–Crippen MR) is 62.2 cm³/mol. The van der Waals surface area contributed by atoms with Crippen LogP contribution < -0.4 is 0 Å². The third-order valence-electron chi connectivity index (χ3n) is 2.08. The highest BCUT2D eigenvalue weighted by molar-refractivity contribution is 9.10. The van der Waals surface area contributed by atoms with E-state index in [9.17, 15) is 14.7 Å². The van der Waals surface area contributed by atoms with Gasteiger partial charge in [0.1, 0.15) is 5.75 Å². The summed E-state index contributed by atoms with van der Waals surface area (Å²) >= 11 is 3.10. The Kier molecular flexibility index (Phi) is 4.06. The Bertz CT molecular complexity index is 426. The van der Waals surface area contributed by atoms with Gasteiger partial charge >= 0.3 is 5.97 Å². The summed E-state index contributed by atoms with van der Waals surface area (Å²) in [5.74, 6) is -1.55. The maximum absolute atomic E-state index is 11.8. The number of carbonyl (C=O) groups excluding carboxylic acids is 1. The molecule has 0 fully saturated rings. The molecule has 0 aromatic heterocycles. The van der Waals surface area contributed by atoms with E-state index in [4.69, 9.17) is 5.11 Å². The fourth-order valence-corrected chi connectivity index (χ4v) is 1.61. The van der Waals surface area contributed by atoms with Crippen molar-refractivity contribution >= 4 is 27.7 Å². The lowest BCUT2D eigenvalue weighted by Gasteiger charge is -2.10. The van der Waals surface area contributed by atoms with Crippen LogP contribution in [0.3, 0.4) is 0 Å². The van der Waals surface area contributed by atoms with Crippen molar-refractivity contribution in [1.29, 1.82) is 0 Å². The van der Waals surface area contributed by atoms with E-state index in [1.807, 2.05) is 0 Å². The molecule has 0 bridgehead atoms. The molecular formula is C11H11BrO4. The van der Waals surface area contributed by atoms with Crippen molar-refractivity contribution in [3.8, 4) is 5.75 Å². The number of carbonyl (C=O) groups is 2. The number of phenolic OH excluding ortho intramolecular Hbond substituents is 1. The van der Waals surface area contributed by atoms with Gasteiger partial charge in [-0.1, -0.05) is 28.1 Å². The molecule has 1 aromatic carbocycles. The summed E-state index contributed by atoms with van der Waals surface area (Å²) in [6.07, 6.45) is -0.283. The SMILES string of the molecule is CC(Br)C(=O)c1c(O)cccc1CC(=O)O. The molecule has 5 heteroatoms. The third kappa shape index (κ3) is 2.82. The van der Waals surface area contributed by atoms with Gasteiger partial charge in [-0.25, -0.2) is 0 Å². The van der Waals surface area contributed by atoms with Crippen molar-refractivity contribution < 1.29 is 19.8 Å². The van der Waals surface area contributed by atoms with E-state index < -0.39 is 10.8 Å². The van der Waals surface area contributed by atoms with Gasteiger partial charge in [0.05, 0.1) is 16.8 Å². The average molecular weight is 287 g/mol. The molecule has 2 N–H and O–H groups in total. The van der Waals surface area contributed by atoms with E-state index in [1.165, 1.54) is 18.2 Å². The number of halogens is 1. The highest BCUT2D eigenvalue weighted by atomic mass is 79.9. The average Bonchev–Trinajstić information content (AvgIpc) is 2.16. The normalized spacial score (nSPS) is 12.1.